The van der Waals surface area contributed by atoms with Crippen LogP contribution in [0.3, 0.4) is 0 Å². The lowest BCUT2D eigenvalue weighted by molar-refractivity contribution is 0.996. The van der Waals surface area contributed by atoms with Gasteiger partial charge in [0, 0.05) is 38.5 Å². The van der Waals surface area contributed by atoms with Crippen LogP contribution in [0.2, 0.25) is 0 Å². The molecule has 0 N–H and O–H groups in total. The lowest BCUT2D eigenvalue weighted by Crippen LogP contribution is -2.04. The van der Waals surface area contributed by atoms with Gasteiger partial charge in [-0.1, -0.05) is 60.7 Å². The third-order valence-electron chi connectivity index (χ3n) is 8.73. The van der Waals surface area contributed by atoms with Crippen molar-refractivity contribution in [3.63, 3.8) is 0 Å². The molecule has 0 aliphatic rings. The van der Waals surface area contributed by atoms with E-state index in [2.05, 4.69) is 111 Å². The molecule has 0 unspecified atom stereocenters. The highest BCUT2D eigenvalue weighted by Crippen LogP contribution is 2.46. The third-order valence-corrected chi connectivity index (χ3v) is 8.73. The number of fused-ring (bicyclic) bond motifs is 12. The van der Waals surface area contributed by atoms with Crippen LogP contribution in [-0.2, 0) is 0 Å². The number of rotatable bonds is 1. The summed E-state index contributed by atoms with van der Waals surface area (Å²) in [7, 11) is 0. The Balaban J connectivity index is 1.54. The van der Waals surface area contributed by atoms with E-state index in [0.29, 0.717) is 22.7 Å². The van der Waals surface area contributed by atoms with E-state index in [4.69, 9.17) is 9.97 Å². The largest absolute Gasteiger partial charge is 0.308 e. The van der Waals surface area contributed by atoms with E-state index in [-0.39, 0.29) is 0 Å². The first-order chi connectivity index (χ1) is 20.8. The van der Waals surface area contributed by atoms with E-state index in [1.165, 1.54) is 32.6 Å². The van der Waals surface area contributed by atoms with Crippen LogP contribution in [0.4, 0.5) is 0 Å². The molecule has 6 nitrogen and oxygen atoms in total. The molecule has 0 bridgehead atoms. The number of benzene rings is 5. The van der Waals surface area contributed by atoms with E-state index >= 15 is 0 Å². The fourth-order valence-electron chi connectivity index (χ4n) is 7.03. The Kier molecular flexibility index (Phi) is 3.91. The zero-order valence-electron chi connectivity index (χ0n) is 22.1. The number of nitriles is 1. The Morgan fingerprint density at radius 3 is 2.10 bits per heavy atom. The summed E-state index contributed by atoms with van der Waals surface area (Å²) in [5.74, 6) is 0.440. The number of nitrogens with zero attached hydrogens (tertiary/aromatic N) is 6. The van der Waals surface area contributed by atoms with Crippen molar-refractivity contribution in [3.05, 3.63) is 115 Å². The second kappa shape index (κ2) is 7.57. The molecule has 0 saturated carbocycles. The molecule has 0 radical (unpaired) electrons. The average Bonchev–Trinajstić information content (AvgIpc) is 3.67. The summed E-state index contributed by atoms with van der Waals surface area (Å²) in [6.45, 7) is 0. The Labute approximate surface area is 237 Å². The number of hydrogen-bond donors (Lipinski definition) is 0. The third kappa shape index (κ3) is 2.56. The van der Waals surface area contributed by atoms with Gasteiger partial charge < -0.3 is 4.40 Å². The summed E-state index contributed by atoms with van der Waals surface area (Å²) in [4.78, 5) is 14.3. The molecule has 6 heteroatoms. The molecule has 0 spiro atoms. The topological polar surface area (TPSA) is 71.8 Å². The highest BCUT2D eigenvalue weighted by atomic mass is 15.2. The monoisotopic (exact) mass is 534 g/mol. The number of para-hydroxylation sites is 2. The normalized spacial score (nSPS) is 12.3. The second-order valence-electron chi connectivity index (χ2n) is 10.8. The summed E-state index contributed by atoms with van der Waals surface area (Å²) in [5, 5.41) is 20.1. The first-order valence-corrected chi connectivity index (χ1v) is 13.9. The first kappa shape index (κ1) is 21.7. The Morgan fingerprint density at radius 2 is 1.26 bits per heavy atom. The summed E-state index contributed by atoms with van der Waals surface area (Å²) in [5.41, 5.74) is 6.36. The average molecular weight is 535 g/mol. The molecular weight excluding hydrogens is 516 g/mol. The molecule has 0 atom stereocenters. The Bertz CT molecular complexity index is 2810. The minimum Gasteiger partial charge on any atom is -0.308 e. The molecule has 5 aromatic heterocycles. The van der Waals surface area contributed by atoms with Gasteiger partial charge in [0.2, 0.25) is 5.95 Å². The summed E-state index contributed by atoms with van der Waals surface area (Å²) in [6.07, 6.45) is 1.71. The molecule has 10 aromatic rings. The molecule has 10 rings (SSSR count). The Hall–Kier alpha value is -6.06. The summed E-state index contributed by atoms with van der Waals surface area (Å²) in [6, 6.07) is 38.4. The van der Waals surface area contributed by atoms with Crippen LogP contribution in [0.5, 0.6) is 0 Å². The Morgan fingerprint density at radius 1 is 0.571 bits per heavy atom. The van der Waals surface area contributed by atoms with Gasteiger partial charge in [-0.15, -0.1) is 0 Å². The predicted octanol–water partition coefficient (Wildman–Crippen LogP) is 8.30. The van der Waals surface area contributed by atoms with Crippen LogP contribution in [0.1, 0.15) is 5.69 Å². The van der Waals surface area contributed by atoms with Gasteiger partial charge in [-0.25, -0.2) is 9.97 Å². The van der Waals surface area contributed by atoms with Gasteiger partial charge in [0.25, 0.3) is 0 Å². The van der Waals surface area contributed by atoms with Crippen LogP contribution < -0.4 is 0 Å². The molecule has 5 aromatic carbocycles. The second-order valence-corrected chi connectivity index (χ2v) is 10.8. The van der Waals surface area contributed by atoms with Crippen molar-refractivity contribution < 1.29 is 0 Å². The maximum Gasteiger partial charge on any atom is 0.238 e. The fraction of sp³-hybridized carbons (Fsp3) is 0. The van der Waals surface area contributed by atoms with Gasteiger partial charge in [0.15, 0.2) is 11.3 Å². The number of hydrogen-bond acceptors (Lipinski definition) is 4. The van der Waals surface area contributed by atoms with E-state index in [1.54, 1.807) is 6.20 Å². The maximum atomic E-state index is 10.1. The van der Waals surface area contributed by atoms with Gasteiger partial charge in [-0.2, -0.15) is 10.2 Å². The molecule has 42 heavy (non-hydrogen) atoms. The van der Waals surface area contributed by atoms with E-state index < -0.39 is 0 Å². The number of aromatic nitrogens is 5. The van der Waals surface area contributed by atoms with E-state index in [9.17, 15) is 5.26 Å². The first-order valence-electron chi connectivity index (χ1n) is 13.9. The van der Waals surface area contributed by atoms with E-state index in [1.807, 2.05) is 12.1 Å². The van der Waals surface area contributed by atoms with Crippen molar-refractivity contribution in [3.8, 4) is 12.0 Å². The van der Waals surface area contributed by atoms with Crippen LogP contribution >= 0.6 is 0 Å². The smallest absolute Gasteiger partial charge is 0.238 e. The molecule has 0 amide bonds. The summed E-state index contributed by atoms with van der Waals surface area (Å²) >= 11 is 0. The van der Waals surface area contributed by atoms with Gasteiger partial charge in [-0.3, -0.25) is 4.57 Å². The van der Waals surface area contributed by atoms with Crippen molar-refractivity contribution in [2.24, 2.45) is 0 Å². The lowest BCUT2D eigenvalue weighted by Gasteiger charge is -2.09. The fourth-order valence-corrected chi connectivity index (χ4v) is 7.03. The van der Waals surface area contributed by atoms with Gasteiger partial charge in [0.1, 0.15) is 6.07 Å². The number of pyridine rings is 1. The molecule has 0 fully saturated rings. The van der Waals surface area contributed by atoms with Crippen molar-refractivity contribution >= 4 is 81.7 Å². The van der Waals surface area contributed by atoms with Crippen LogP contribution in [-0.4, -0.2) is 23.9 Å². The highest BCUT2D eigenvalue weighted by Gasteiger charge is 2.25. The van der Waals surface area contributed by atoms with Crippen LogP contribution in [0.25, 0.3) is 87.7 Å². The van der Waals surface area contributed by atoms with Gasteiger partial charge in [0.05, 0.1) is 33.0 Å². The van der Waals surface area contributed by atoms with Crippen molar-refractivity contribution in [1.29, 1.82) is 5.26 Å². The molecule has 0 saturated heterocycles. The molecule has 192 valence electrons. The SMILES string of the molecule is N#Cc1nc(-n2c3cc4ccccc4cc3c3cc4c5ccccc5n5c6ccccc6c(c32)c45)nc2ncccc12. The molecule has 0 aliphatic carbocycles. The minimum absolute atomic E-state index is 0.311. The van der Waals surface area contributed by atoms with Crippen LogP contribution in [0.15, 0.2) is 109 Å². The molecule has 0 aliphatic heterocycles. The zero-order chi connectivity index (χ0) is 27.5. The molecule has 5 heterocycles. The van der Waals surface area contributed by atoms with Crippen molar-refractivity contribution in [2.45, 2.75) is 0 Å². The molecular formula is C36H18N6. The van der Waals surface area contributed by atoms with Crippen LogP contribution in [0, 0.1) is 11.3 Å². The van der Waals surface area contributed by atoms with Crippen molar-refractivity contribution in [2.75, 3.05) is 0 Å². The standard InChI is InChI=1S/C36H18N6/c37-19-28-23-12-7-15-38-35(23)40-36(39-28)42-31-17-21-9-2-1-8-20(21)16-25(31)27-18-26-22-10-3-5-13-29(22)41-30-14-6-4-11-24(30)32(33(26)41)34(27)42/h1-18H. The lowest BCUT2D eigenvalue weighted by atomic mass is 10.0. The summed E-state index contributed by atoms with van der Waals surface area (Å²) < 4.78 is 4.53. The van der Waals surface area contributed by atoms with Gasteiger partial charge in [-0.05, 0) is 53.2 Å². The van der Waals surface area contributed by atoms with Crippen molar-refractivity contribution in [1.82, 2.24) is 23.9 Å². The van der Waals surface area contributed by atoms with E-state index in [0.717, 1.165) is 38.1 Å². The minimum atomic E-state index is 0.311. The zero-order valence-corrected chi connectivity index (χ0v) is 22.1. The van der Waals surface area contributed by atoms with Gasteiger partial charge >= 0.3 is 0 Å². The quantitative estimate of drug-likeness (QED) is 0.212. The maximum absolute atomic E-state index is 10.1. The highest BCUT2D eigenvalue weighted by molar-refractivity contribution is 6.34. The predicted molar refractivity (Wildman–Crippen MR) is 169 cm³/mol.